The predicted octanol–water partition coefficient (Wildman–Crippen LogP) is 3.15. The lowest BCUT2D eigenvalue weighted by Crippen LogP contribution is -2.37. The summed E-state index contributed by atoms with van der Waals surface area (Å²) in [6.45, 7) is 0.800. The Hall–Kier alpha value is -2.09. The first-order valence-electron chi connectivity index (χ1n) is 9.07. The van der Waals surface area contributed by atoms with Gasteiger partial charge in [-0.15, -0.1) is 35.3 Å². The number of likely N-dealkylation sites (N-methyl/N-ethyl adjacent to an activating group) is 1. The summed E-state index contributed by atoms with van der Waals surface area (Å²) in [6.07, 6.45) is -4.07. The molecule has 1 aromatic heterocycles. The van der Waals surface area contributed by atoms with Gasteiger partial charge < -0.3 is 20.3 Å². The van der Waals surface area contributed by atoms with E-state index in [2.05, 4.69) is 20.6 Å². The lowest BCUT2D eigenvalue weighted by molar-refractivity contribution is -0.140. The van der Waals surface area contributed by atoms with Crippen molar-refractivity contribution in [1.29, 1.82) is 0 Å². The molecule has 2 aromatic rings. The summed E-state index contributed by atoms with van der Waals surface area (Å²) in [5.41, 5.74) is 0.0573. The first kappa shape index (κ1) is 26.9. The van der Waals surface area contributed by atoms with Gasteiger partial charge >= 0.3 is 6.18 Å². The molecule has 0 radical (unpaired) electrons. The van der Waals surface area contributed by atoms with E-state index >= 15 is 0 Å². The monoisotopic (exact) mass is 571 g/mol. The van der Waals surface area contributed by atoms with Crippen LogP contribution in [0.3, 0.4) is 0 Å². The average Bonchev–Trinajstić information content (AvgIpc) is 3.18. The molecule has 0 fully saturated rings. The zero-order valence-corrected chi connectivity index (χ0v) is 20.5. The number of carbonyl (C=O) groups excluding carboxylic acids is 1. The lowest BCUT2D eigenvalue weighted by Gasteiger charge is -2.13. The van der Waals surface area contributed by atoms with Gasteiger partial charge in [0, 0.05) is 46.0 Å². The summed E-state index contributed by atoms with van der Waals surface area (Å²) in [7, 11) is 4.93. The van der Waals surface area contributed by atoms with Gasteiger partial charge in [0.25, 0.3) is 5.91 Å². The SMILES string of the molecule is CN=C(NCCc1nc(C(F)(F)F)cs1)NCc1cccc(OCC(=O)N(C)C)c1.I. The summed E-state index contributed by atoms with van der Waals surface area (Å²) in [5.74, 6) is 0.958. The quantitative estimate of drug-likeness (QED) is 0.289. The number of nitrogens with zero attached hydrogens (tertiary/aromatic N) is 3. The molecule has 1 amide bonds. The highest BCUT2D eigenvalue weighted by Gasteiger charge is 2.33. The second-order valence-electron chi connectivity index (χ2n) is 6.45. The van der Waals surface area contributed by atoms with E-state index < -0.39 is 11.9 Å². The van der Waals surface area contributed by atoms with E-state index in [9.17, 15) is 18.0 Å². The number of halogens is 4. The molecular formula is C19H25F3IN5O2S. The van der Waals surface area contributed by atoms with Crippen LogP contribution in [0.2, 0.25) is 0 Å². The summed E-state index contributed by atoms with van der Waals surface area (Å²) in [6, 6.07) is 7.30. The minimum absolute atomic E-state index is 0. The molecule has 0 atom stereocenters. The highest BCUT2D eigenvalue weighted by molar-refractivity contribution is 14.0. The Morgan fingerprint density at radius 3 is 2.65 bits per heavy atom. The smallest absolute Gasteiger partial charge is 0.434 e. The van der Waals surface area contributed by atoms with E-state index in [0.29, 0.717) is 36.2 Å². The van der Waals surface area contributed by atoms with Gasteiger partial charge in [0.15, 0.2) is 18.3 Å². The molecule has 31 heavy (non-hydrogen) atoms. The Morgan fingerprint density at radius 2 is 2.03 bits per heavy atom. The van der Waals surface area contributed by atoms with Gasteiger partial charge in [-0.25, -0.2) is 4.98 Å². The molecule has 2 N–H and O–H groups in total. The number of hydrogen-bond acceptors (Lipinski definition) is 5. The number of nitrogens with one attached hydrogen (secondary N) is 2. The van der Waals surface area contributed by atoms with Crippen LogP contribution in [0.1, 0.15) is 16.3 Å². The summed E-state index contributed by atoms with van der Waals surface area (Å²) in [5, 5.41) is 7.59. The van der Waals surface area contributed by atoms with Crippen molar-refractivity contribution in [3.8, 4) is 5.75 Å². The largest absolute Gasteiger partial charge is 0.484 e. The van der Waals surface area contributed by atoms with Crippen LogP contribution >= 0.6 is 35.3 Å². The first-order chi connectivity index (χ1) is 14.2. The fourth-order valence-electron chi connectivity index (χ4n) is 2.27. The maximum atomic E-state index is 12.6. The molecule has 0 saturated heterocycles. The molecule has 1 heterocycles. The topological polar surface area (TPSA) is 78.9 Å². The van der Waals surface area contributed by atoms with Crippen LogP contribution in [0.5, 0.6) is 5.75 Å². The number of amides is 1. The van der Waals surface area contributed by atoms with Crippen LogP contribution in [0.25, 0.3) is 0 Å². The minimum Gasteiger partial charge on any atom is -0.484 e. The Kier molecular flexibility index (Phi) is 11.0. The van der Waals surface area contributed by atoms with Crippen molar-refractivity contribution < 1.29 is 22.7 Å². The fourth-order valence-corrected chi connectivity index (χ4v) is 3.07. The predicted molar refractivity (Wildman–Crippen MR) is 125 cm³/mol. The number of ether oxygens (including phenoxy) is 1. The van der Waals surface area contributed by atoms with Crippen LogP contribution in [0.15, 0.2) is 34.6 Å². The molecular weight excluding hydrogens is 546 g/mol. The third-order valence-corrected chi connectivity index (χ3v) is 4.83. The highest BCUT2D eigenvalue weighted by Crippen LogP contribution is 2.30. The van der Waals surface area contributed by atoms with Crippen LogP contribution in [-0.4, -0.2) is 56.0 Å². The first-order valence-corrected chi connectivity index (χ1v) is 9.95. The van der Waals surface area contributed by atoms with E-state index in [4.69, 9.17) is 4.74 Å². The second-order valence-corrected chi connectivity index (χ2v) is 7.39. The highest BCUT2D eigenvalue weighted by atomic mass is 127. The van der Waals surface area contributed by atoms with Gasteiger partial charge in [-0.2, -0.15) is 13.2 Å². The standard InChI is InChI=1S/C19H24F3N5O2S.HI/c1-23-18(24-8-7-16-26-15(12-30-16)19(20,21)22)25-10-13-5-4-6-14(9-13)29-11-17(28)27(2)3;/h4-6,9,12H,7-8,10-11H2,1-3H3,(H2,23,24,25);1H. The van der Waals surface area contributed by atoms with Gasteiger partial charge in [0.05, 0.1) is 5.01 Å². The maximum absolute atomic E-state index is 12.6. The number of hydrogen-bond donors (Lipinski definition) is 2. The van der Waals surface area contributed by atoms with Crippen molar-refractivity contribution in [3.05, 3.63) is 45.9 Å². The van der Waals surface area contributed by atoms with Crippen molar-refractivity contribution >= 4 is 47.2 Å². The normalized spacial score (nSPS) is 11.5. The molecule has 0 bridgehead atoms. The molecule has 0 spiro atoms. The average molecular weight is 571 g/mol. The zero-order valence-electron chi connectivity index (χ0n) is 17.3. The third kappa shape index (κ3) is 9.29. The molecule has 2 rings (SSSR count). The molecule has 0 saturated carbocycles. The Morgan fingerprint density at radius 1 is 1.29 bits per heavy atom. The second kappa shape index (κ2) is 12.7. The fraction of sp³-hybridized carbons (Fsp3) is 0.421. The van der Waals surface area contributed by atoms with Gasteiger partial charge in [-0.1, -0.05) is 12.1 Å². The Bertz CT molecular complexity index is 874. The van der Waals surface area contributed by atoms with E-state index in [-0.39, 0.29) is 36.5 Å². The number of rotatable bonds is 8. The summed E-state index contributed by atoms with van der Waals surface area (Å²) in [4.78, 5) is 20.8. The maximum Gasteiger partial charge on any atom is 0.434 e. The van der Waals surface area contributed by atoms with Gasteiger partial charge in [0.2, 0.25) is 0 Å². The van der Waals surface area contributed by atoms with E-state index in [1.54, 1.807) is 27.2 Å². The molecule has 0 aliphatic heterocycles. The third-order valence-electron chi connectivity index (χ3n) is 3.92. The number of alkyl halides is 3. The van der Waals surface area contributed by atoms with Gasteiger partial charge in [0.1, 0.15) is 5.75 Å². The van der Waals surface area contributed by atoms with Crippen molar-refractivity contribution in [2.75, 3.05) is 34.3 Å². The molecule has 12 heteroatoms. The number of guanidine groups is 1. The van der Waals surface area contributed by atoms with Crippen LogP contribution in [0, 0.1) is 0 Å². The Balaban J connectivity index is 0.00000480. The van der Waals surface area contributed by atoms with E-state index in [1.807, 2.05) is 18.2 Å². The molecule has 0 aliphatic carbocycles. The van der Waals surface area contributed by atoms with Crippen LogP contribution < -0.4 is 15.4 Å². The minimum atomic E-state index is -4.42. The molecule has 0 unspecified atom stereocenters. The van der Waals surface area contributed by atoms with Crippen molar-refractivity contribution in [2.45, 2.75) is 19.1 Å². The Labute approximate surface area is 200 Å². The molecule has 1 aromatic carbocycles. The number of benzene rings is 1. The van der Waals surface area contributed by atoms with E-state index in [0.717, 1.165) is 22.3 Å². The van der Waals surface area contributed by atoms with Crippen LogP contribution in [-0.2, 0) is 23.9 Å². The lowest BCUT2D eigenvalue weighted by atomic mass is 10.2. The van der Waals surface area contributed by atoms with Crippen molar-refractivity contribution in [2.24, 2.45) is 4.99 Å². The van der Waals surface area contributed by atoms with Crippen molar-refractivity contribution in [1.82, 2.24) is 20.5 Å². The number of carbonyl (C=O) groups is 1. The number of aliphatic imine (C=N–C) groups is 1. The van der Waals surface area contributed by atoms with Gasteiger partial charge in [-0.3, -0.25) is 9.79 Å². The number of aromatic nitrogens is 1. The molecule has 172 valence electrons. The molecule has 0 aliphatic rings. The van der Waals surface area contributed by atoms with Gasteiger partial charge in [-0.05, 0) is 17.7 Å². The molecule has 7 nitrogen and oxygen atoms in total. The van der Waals surface area contributed by atoms with Crippen molar-refractivity contribution in [3.63, 3.8) is 0 Å². The number of thiazole rings is 1. The zero-order chi connectivity index (χ0) is 22.1. The van der Waals surface area contributed by atoms with Crippen LogP contribution in [0.4, 0.5) is 13.2 Å². The van der Waals surface area contributed by atoms with E-state index in [1.165, 1.54) is 4.90 Å². The summed E-state index contributed by atoms with van der Waals surface area (Å²) < 4.78 is 43.3. The summed E-state index contributed by atoms with van der Waals surface area (Å²) >= 11 is 0.984.